The van der Waals surface area contributed by atoms with Crippen molar-refractivity contribution in [2.75, 3.05) is 7.11 Å². The third-order valence-corrected chi connectivity index (χ3v) is 1.94. The minimum absolute atomic E-state index is 0.276. The van der Waals surface area contributed by atoms with Crippen LogP contribution in [0.15, 0.2) is 6.07 Å². The number of ether oxygens (including phenoxy) is 1. The van der Waals surface area contributed by atoms with Crippen molar-refractivity contribution in [3.63, 3.8) is 0 Å². The van der Waals surface area contributed by atoms with Crippen LogP contribution >= 0.6 is 11.6 Å². The van der Waals surface area contributed by atoms with Gasteiger partial charge in [-0.1, -0.05) is 11.6 Å². The van der Waals surface area contributed by atoms with E-state index in [4.69, 9.17) is 11.6 Å². The summed E-state index contributed by atoms with van der Waals surface area (Å²) in [5.74, 6) is -0.276. The van der Waals surface area contributed by atoms with E-state index in [1.165, 1.54) is 0 Å². The van der Waals surface area contributed by atoms with Crippen molar-refractivity contribution in [1.82, 2.24) is 4.98 Å². The van der Waals surface area contributed by atoms with Gasteiger partial charge in [0.15, 0.2) is 0 Å². The van der Waals surface area contributed by atoms with Gasteiger partial charge in [-0.3, -0.25) is 10.1 Å². The second kappa shape index (κ2) is 4.35. The highest BCUT2D eigenvalue weighted by atomic mass is 35.5. The van der Waals surface area contributed by atoms with Crippen LogP contribution in [-0.2, 0) is 0 Å². The van der Waals surface area contributed by atoms with E-state index < -0.39 is 27.8 Å². The molecule has 1 aromatic heterocycles. The molecule has 82 valence electrons. The molecule has 0 aromatic carbocycles. The fraction of sp³-hybridized carbons (Fsp3) is 0.286. The normalized spacial score (nSPS) is 10.5. The van der Waals surface area contributed by atoms with E-state index in [9.17, 15) is 18.9 Å². The fourth-order valence-electron chi connectivity index (χ4n) is 0.894. The SMILES string of the molecule is COc1cc([N+](=O)[O-])c(Cl)c(C(F)F)n1. The lowest BCUT2D eigenvalue weighted by molar-refractivity contribution is -0.384. The molecule has 1 heterocycles. The Kier molecular flexibility index (Phi) is 3.35. The Labute approximate surface area is 87.8 Å². The van der Waals surface area contributed by atoms with Gasteiger partial charge in [-0.15, -0.1) is 0 Å². The fourth-order valence-corrected chi connectivity index (χ4v) is 1.14. The van der Waals surface area contributed by atoms with Gasteiger partial charge < -0.3 is 4.74 Å². The molecule has 0 saturated carbocycles. The van der Waals surface area contributed by atoms with E-state index in [1.807, 2.05) is 0 Å². The minimum Gasteiger partial charge on any atom is -0.481 e. The predicted octanol–water partition coefficient (Wildman–Crippen LogP) is 2.59. The van der Waals surface area contributed by atoms with Gasteiger partial charge in [-0.2, -0.15) is 0 Å². The maximum Gasteiger partial charge on any atom is 0.295 e. The Bertz CT molecular complexity index is 400. The van der Waals surface area contributed by atoms with E-state index in [0.29, 0.717) is 0 Å². The molecule has 0 N–H and O–H groups in total. The number of hydrogen-bond donors (Lipinski definition) is 0. The molecule has 1 aromatic rings. The number of nitrogens with zero attached hydrogens (tertiary/aromatic N) is 2. The highest BCUT2D eigenvalue weighted by Crippen LogP contribution is 2.35. The Hall–Kier alpha value is -1.50. The van der Waals surface area contributed by atoms with Crippen molar-refractivity contribution < 1.29 is 18.4 Å². The number of methoxy groups -OCH3 is 1. The van der Waals surface area contributed by atoms with Crippen molar-refractivity contribution >= 4 is 17.3 Å². The molecule has 0 aliphatic carbocycles. The quantitative estimate of drug-likeness (QED) is 0.600. The first-order valence-corrected chi connectivity index (χ1v) is 4.02. The molecular weight excluding hydrogens is 234 g/mol. The predicted molar refractivity (Wildman–Crippen MR) is 47.4 cm³/mol. The van der Waals surface area contributed by atoms with E-state index in [-0.39, 0.29) is 5.88 Å². The highest BCUT2D eigenvalue weighted by molar-refractivity contribution is 6.33. The molecule has 0 bridgehead atoms. The van der Waals surface area contributed by atoms with Gasteiger partial charge in [0.2, 0.25) is 5.88 Å². The van der Waals surface area contributed by atoms with Crippen molar-refractivity contribution in [1.29, 1.82) is 0 Å². The molecule has 8 heteroatoms. The lowest BCUT2D eigenvalue weighted by atomic mass is 10.3. The Balaban J connectivity index is 3.40. The van der Waals surface area contributed by atoms with Crippen LogP contribution in [0.2, 0.25) is 5.02 Å². The van der Waals surface area contributed by atoms with Crippen LogP contribution in [-0.4, -0.2) is 17.0 Å². The van der Waals surface area contributed by atoms with Crippen LogP contribution in [0.4, 0.5) is 14.5 Å². The van der Waals surface area contributed by atoms with Crippen molar-refractivity contribution in [2.24, 2.45) is 0 Å². The Morgan fingerprint density at radius 3 is 2.67 bits per heavy atom. The van der Waals surface area contributed by atoms with Crippen LogP contribution in [0.5, 0.6) is 5.88 Å². The maximum atomic E-state index is 12.4. The third-order valence-electron chi connectivity index (χ3n) is 1.55. The molecule has 0 spiro atoms. The smallest absolute Gasteiger partial charge is 0.295 e. The van der Waals surface area contributed by atoms with Gasteiger partial charge >= 0.3 is 0 Å². The molecule has 15 heavy (non-hydrogen) atoms. The van der Waals surface area contributed by atoms with Crippen LogP contribution in [0.1, 0.15) is 12.1 Å². The second-order valence-corrected chi connectivity index (χ2v) is 2.82. The number of alkyl halides is 2. The molecule has 1 rings (SSSR count). The molecule has 5 nitrogen and oxygen atoms in total. The summed E-state index contributed by atoms with van der Waals surface area (Å²) >= 11 is 5.39. The monoisotopic (exact) mass is 238 g/mol. The van der Waals surface area contributed by atoms with E-state index in [2.05, 4.69) is 9.72 Å². The van der Waals surface area contributed by atoms with Crippen LogP contribution in [0.25, 0.3) is 0 Å². The largest absolute Gasteiger partial charge is 0.481 e. The Morgan fingerprint density at radius 2 is 2.27 bits per heavy atom. The van der Waals surface area contributed by atoms with Gasteiger partial charge in [0.1, 0.15) is 10.7 Å². The van der Waals surface area contributed by atoms with E-state index in [1.54, 1.807) is 0 Å². The molecule has 0 fully saturated rings. The van der Waals surface area contributed by atoms with Crippen LogP contribution in [0.3, 0.4) is 0 Å². The number of hydrogen-bond acceptors (Lipinski definition) is 4. The lowest BCUT2D eigenvalue weighted by Crippen LogP contribution is -2.00. The van der Waals surface area contributed by atoms with Crippen molar-refractivity contribution in [3.8, 4) is 5.88 Å². The van der Waals surface area contributed by atoms with Gasteiger partial charge in [-0.05, 0) is 0 Å². The first kappa shape index (κ1) is 11.6. The van der Waals surface area contributed by atoms with Gasteiger partial charge in [-0.25, -0.2) is 13.8 Å². The van der Waals surface area contributed by atoms with Gasteiger partial charge in [0, 0.05) is 0 Å². The second-order valence-electron chi connectivity index (χ2n) is 2.44. The maximum absolute atomic E-state index is 12.4. The van der Waals surface area contributed by atoms with Gasteiger partial charge in [0.25, 0.3) is 12.1 Å². The third kappa shape index (κ3) is 2.30. The minimum atomic E-state index is -2.99. The molecular formula is C7H5ClF2N2O3. The van der Waals surface area contributed by atoms with Crippen LogP contribution < -0.4 is 4.74 Å². The summed E-state index contributed by atoms with van der Waals surface area (Å²) in [4.78, 5) is 12.9. The van der Waals surface area contributed by atoms with E-state index in [0.717, 1.165) is 13.2 Å². The zero-order chi connectivity index (χ0) is 11.6. The molecule has 0 saturated heterocycles. The summed E-state index contributed by atoms with van der Waals surface area (Å²) in [5, 5.41) is 9.79. The lowest BCUT2D eigenvalue weighted by Gasteiger charge is -2.05. The molecule has 0 aliphatic rings. The highest BCUT2D eigenvalue weighted by Gasteiger charge is 2.25. The summed E-state index contributed by atoms with van der Waals surface area (Å²) in [6.45, 7) is 0. The average molecular weight is 239 g/mol. The zero-order valence-electron chi connectivity index (χ0n) is 7.41. The first-order chi connectivity index (χ1) is 6.97. The summed E-state index contributed by atoms with van der Waals surface area (Å²) < 4.78 is 29.3. The molecule has 0 unspecified atom stereocenters. The standard InChI is InChI=1S/C7H5ClF2N2O3/c1-15-4-2-3(12(13)14)5(8)6(11-4)7(9)10/h2,7H,1H3. The number of aromatic nitrogens is 1. The zero-order valence-corrected chi connectivity index (χ0v) is 8.16. The molecule has 0 aliphatic heterocycles. The first-order valence-electron chi connectivity index (χ1n) is 3.64. The average Bonchev–Trinajstić information content (AvgIpc) is 2.17. The summed E-state index contributed by atoms with van der Waals surface area (Å²) in [5.41, 5.74) is -1.51. The number of halogens is 3. The van der Waals surface area contributed by atoms with E-state index >= 15 is 0 Å². The summed E-state index contributed by atoms with van der Waals surface area (Å²) in [7, 11) is 1.16. The Morgan fingerprint density at radius 1 is 1.67 bits per heavy atom. The topological polar surface area (TPSA) is 65.3 Å². The van der Waals surface area contributed by atoms with Crippen molar-refractivity contribution in [2.45, 2.75) is 6.43 Å². The molecule has 0 atom stereocenters. The molecule has 0 amide bonds. The number of pyridine rings is 1. The van der Waals surface area contributed by atoms with Gasteiger partial charge in [0.05, 0.1) is 18.1 Å². The summed E-state index contributed by atoms with van der Waals surface area (Å²) in [6, 6.07) is 0.883. The number of nitro groups is 1. The summed E-state index contributed by atoms with van der Waals surface area (Å²) in [6.07, 6.45) is -2.99. The van der Waals surface area contributed by atoms with Crippen LogP contribution in [0, 0.1) is 10.1 Å². The number of rotatable bonds is 3. The molecule has 0 radical (unpaired) electrons. The van der Waals surface area contributed by atoms with Crippen molar-refractivity contribution in [3.05, 3.63) is 26.9 Å².